The fourth-order valence-electron chi connectivity index (χ4n) is 4.19. The van der Waals surface area contributed by atoms with Crippen molar-refractivity contribution in [2.24, 2.45) is 0 Å². The van der Waals surface area contributed by atoms with Crippen LogP contribution in [-0.2, 0) is 17.8 Å². The Morgan fingerprint density at radius 1 is 1.08 bits per heavy atom. The van der Waals surface area contributed by atoms with Crippen molar-refractivity contribution in [2.45, 2.75) is 32.0 Å². The van der Waals surface area contributed by atoms with Crippen molar-refractivity contribution in [2.75, 3.05) is 39.5 Å². The van der Waals surface area contributed by atoms with Gasteiger partial charge in [-0.15, -0.1) is 0 Å². The third kappa shape index (κ3) is 7.65. The van der Waals surface area contributed by atoms with Gasteiger partial charge in [-0.25, -0.2) is 4.39 Å². The zero-order chi connectivity index (χ0) is 25.4. The van der Waals surface area contributed by atoms with Gasteiger partial charge in [-0.1, -0.05) is 24.3 Å². The topological polar surface area (TPSA) is 73.2 Å². The lowest BCUT2D eigenvalue weighted by Crippen LogP contribution is -2.48. The lowest BCUT2D eigenvalue weighted by atomic mass is 10.1. The van der Waals surface area contributed by atoms with Gasteiger partial charge in [0.05, 0.1) is 19.8 Å². The number of hydrogen-bond donors (Lipinski definition) is 1. The molecule has 0 radical (unpaired) electrons. The van der Waals surface area contributed by atoms with Gasteiger partial charge < -0.3 is 23.9 Å². The summed E-state index contributed by atoms with van der Waals surface area (Å²) in [6.07, 6.45) is 2.59. The molecule has 1 fully saturated rings. The number of aryl methyl sites for hydroxylation is 2. The van der Waals surface area contributed by atoms with E-state index in [1.165, 1.54) is 12.1 Å². The summed E-state index contributed by atoms with van der Waals surface area (Å²) in [6.45, 7) is 5.46. The Balaban J connectivity index is 1.25. The van der Waals surface area contributed by atoms with E-state index < -0.39 is 5.60 Å². The molecule has 1 aliphatic rings. The van der Waals surface area contributed by atoms with Crippen LogP contribution in [0.3, 0.4) is 0 Å². The van der Waals surface area contributed by atoms with E-state index in [2.05, 4.69) is 4.90 Å². The standard InChI is InChI=1S/C28H33FN2O5/c1-22-6-11-27(32)31(17-22)12-3-14-35-25-9-7-23(8-10-25)18-30-13-15-34-20-28(33,19-30)21-36-26-5-2-4-24(29)16-26/h2,4-11,16-17,33H,3,12-15,18-21H2,1H3. The molecule has 0 aliphatic carbocycles. The number of ether oxygens (including phenoxy) is 3. The third-order valence-electron chi connectivity index (χ3n) is 6.02. The van der Waals surface area contributed by atoms with Crippen LogP contribution in [-0.4, -0.2) is 59.7 Å². The summed E-state index contributed by atoms with van der Waals surface area (Å²) in [7, 11) is 0. The molecule has 0 saturated carbocycles. The highest BCUT2D eigenvalue weighted by Crippen LogP contribution is 2.20. The van der Waals surface area contributed by atoms with E-state index in [1.807, 2.05) is 43.5 Å². The molecule has 2 heterocycles. The molecule has 192 valence electrons. The van der Waals surface area contributed by atoms with Crippen molar-refractivity contribution in [1.29, 1.82) is 0 Å². The molecule has 2 aromatic carbocycles. The van der Waals surface area contributed by atoms with Crippen LogP contribution in [0.5, 0.6) is 11.5 Å². The first-order valence-corrected chi connectivity index (χ1v) is 12.2. The largest absolute Gasteiger partial charge is 0.494 e. The molecular weight excluding hydrogens is 463 g/mol. The SMILES string of the molecule is Cc1ccc(=O)n(CCCOc2ccc(CN3CCOCC(O)(COc4cccc(F)c4)C3)cc2)c1. The highest BCUT2D eigenvalue weighted by molar-refractivity contribution is 5.27. The zero-order valence-electron chi connectivity index (χ0n) is 20.6. The molecule has 1 unspecified atom stereocenters. The maximum atomic E-state index is 13.4. The fraction of sp³-hybridized carbons (Fsp3) is 0.393. The number of pyridine rings is 1. The minimum absolute atomic E-state index is 0.00344. The van der Waals surface area contributed by atoms with Gasteiger partial charge in [0.1, 0.15) is 29.5 Å². The number of β-amino-alcohol motifs (C(OH)–C–C–N with tert-alkyl or cyclic N) is 1. The molecule has 1 aliphatic heterocycles. The van der Waals surface area contributed by atoms with Gasteiger partial charge in [0, 0.05) is 44.5 Å². The van der Waals surface area contributed by atoms with E-state index in [0.29, 0.717) is 45.1 Å². The van der Waals surface area contributed by atoms with Gasteiger partial charge in [-0.3, -0.25) is 9.69 Å². The van der Waals surface area contributed by atoms with Crippen LogP contribution in [0.2, 0.25) is 0 Å². The van der Waals surface area contributed by atoms with E-state index in [9.17, 15) is 14.3 Å². The number of halogens is 1. The summed E-state index contributed by atoms with van der Waals surface area (Å²) < 4.78 is 32.2. The Labute approximate surface area is 210 Å². The average Bonchev–Trinajstić information content (AvgIpc) is 3.05. The summed E-state index contributed by atoms with van der Waals surface area (Å²) in [5.74, 6) is 0.766. The Bertz CT molecular complexity index is 1180. The summed E-state index contributed by atoms with van der Waals surface area (Å²) in [5.41, 5.74) is 0.936. The maximum absolute atomic E-state index is 13.4. The van der Waals surface area contributed by atoms with Crippen LogP contribution < -0.4 is 15.0 Å². The molecule has 3 aromatic rings. The Morgan fingerprint density at radius 2 is 1.92 bits per heavy atom. The second kappa shape index (κ2) is 12.2. The van der Waals surface area contributed by atoms with Crippen molar-refractivity contribution in [3.8, 4) is 11.5 Å². The molecule has 0 amide bonds. The fourth-order valence-corrected chi connectivity index (χ4v) is 4.19. The van der Waals surface area contributed by atoms with Crippen molar-refractivity contribution in [3.05, 3.63) is 94.2 Å². The lowest BCUT2D eigenvalue weighted by Gasteiger charge is -2.30. The van der Waals surface area contributed by atoms with E-state index in [4.69, 9.17) is 14.2 Å². The van der Waals surface area contributed by atoms with E-state index in [1.54, 1.807) is 22.8 Å². The predicted molar refractivity (Wildman–Crippen MR) is 135 cm³/mol. The first-order valence-electron chi connectivity index (χ1n) is 12.2. The van der Waals surface area contributed by atoms with Crippen LogP contribution in [0.4, 0.5) is 4.39 Å². The van der Waals surface area contributed by atoms with Gasteiger partial charge >= 0.3 is 0 Å². The minimum atomic E-state index is -1.20. The molecule has 1 atom stereocenters. The maximum Gasteiger partial charge on any atom is 0.250 e. The van der Waals surface area contributed by atoms with Gasteiger partial charge in [0.2, 0.25) is 0 Å². The summed E-state index contributed by atoms with van der Waals surface area (Å²) in [4.78, 5) is 14.0. The zero-order valence-corrected chi connectivity index (χ0v) is 20.6. The number of benzene rings is 2. The second-order valence-electron chi connectivity index (χ2n) is 9.32. The molecule has 0 bridgehead atoms. The molecule has 7 nitrogen and oxygen atoms in total. The minimum Gasteiger partial charge on any atom is -0.494 e. The highest BCUT2D eigenvalue weighted by Gasteiger charge is 2.33. The molecule has 1 saturated heterocycles. The first-order chi connectivity index (χ1) is 17.4. The van der Waals surface area contributed by atoms with Crippen LogP contribution in [0.25, 0.3) is 0 Å². The molecule has 1 aromatic heterocycles. The second-order valence-corrected chi connectivity index (χ2v) is 9.32. The predicted octanol–water partition coefficient (Wildman–Crippen LogP) is 3.41. The monoisotopic (exact) mass is 496 g/mol. The normalized spacial score (nSPS) is 18.5. The lowest BCUT2D eigenvalue weighted by molar-refractivity contribution is -0.0647. The van der Waals surface area contributed by atoms with Gasteiger partial charge in [0.15, 0.2) is 0 Å². The van der Waals surface area contributed by atoms with E-state index >= 15 is 0 Å². The number of aliphatic hydroxyl groups is 1. The van der Waals surface area contributed by atoms with Crippen molar-refractivity contribution >= 4 is 0 Å². The molecule has 4 rings (SSSR count). The molecule has 0 spiro atoms. The van der Waals surface area contributed by atoms with Crippen LogP contribution in [0.15, 0.2) is 71.7 Å². The number of hydrogen-bond acceptors (Lipinski definition) is 6. The summed E-state index contributed by atoms with van der Waals surface area (Å²) in [5, 5.41) is 11.1. The molecule has 8 heteroatoms. The van der Waals surface area contributed by atoms with Gasteiger partial charge in [0.25, 0.3) is 5.56 Å². The van der Waals surface area contributed by atoms with Crippen LogP contribution in [0.1, 0.15) is 17.5 Å². The van der Waals surface area contributed by atoms with Crippen LogP contribution >= 0.6 is 0 Å². The Kier molecular flexibility index (Phi) is 8.74. The quantitative estimate of drug-likeness (QED) is 0.434. The number of nitrogens with zero attached hydrogens (tertiary/aromatic N) is 2. The molecule has 1 N–H and O–H groups in total. The van der Waals surface area contributed by atoms with Gasteiger partial charge in [-0.2, -0.15) is 0 Å². The average molecular weight is 497 g/mol. The smallest absolute Gasteiger partial charge is 0.250 e. The molecular formula is C28H33FN2O5. The Hall–Kier alpha value is -3.20. The first kappa shape index (κ1) is 25.9. The molecule has 36 heavy (non-hydrogen) atoms. The van der Waals surface area contributed by atoms with Crippen molar-refractivity contribution in [1.82, 2.24) is 9.47 Å². The van der Waals surface area contributed by atoms with E-state index in [-0.39, 0.29) is 24.6 Å². The summed E-state index contributed by atoms with van der Waals surface area (Å²) >= 11 is 0. The number of aromatic nitrogens is 1. The third-order valence-corrected chi connectivity index (χ3v) is 6.02. The van der Waals surface area contributed by atoms with Crippen molar-refractivity contribution < 1.29 is 23.7 Å². The highest BCUT2D eigenvalue weighted by atomic mass is 19.1. The van der Waals surface area contributed by atoms with Crippen LogP contribution in [0, 0.1) is 12.7 Å². The van der Waals surface area contributed by atoms with Gasteiger partial charge in [-0.05, 0) is 48.7 Å². The van der Waals surface area contributed by atoms with E-state index in [0.717, 1.165) is 23.3 Å². The number of rotatable bonds is 10. The van der Waals surface area contributed by atoms with Crippen molar-refractivity contribution in [3.63, 3.8) is 0 Å². The summed E-state index contributed by atoms with van der Waals surface area (Å²) in [6, 6.07) is 17.2. The Morgan fingerprint density at radius 3 is 2.72 bits per heavy atom.